The van der Waals surface area contributed by atoms with Crippen LogP contribution in [0.5, 0.6) is 0 Å². The fraction of sp³-hybridized carbons (Fsp3) is 1.00. The number of hydrogen-bond acceptors (Lipinski definition) is 3. The highest BCUT2D eigenvalue weighted by atomic mass is 31.2. The van der Waals surface area contributed by atoms with Gasteiger partial charge in [-0.2, -0.15) is 14.7 Å². The van der Waals surface area contributed by atoms with Crippen molar-refractivity contribution >= 4 is 7.94 Å². The lowest BCUT2D eigenvalue weighted by molar-refractivity contribution is 0.195. The zero-order valence-corrected chi connectivity index (χ0v) is 10.1. The zero-order valence-electron chi connectivity index (χ0n) is 9.22. The van der Waals surface area contributed by atoms with Crippen molar-refractivity contribution in [1.29, 1.82) is 0 Å². The minimum Gasteiger partial charge on any atom is -0.193 e. The lowest BCUT2D eigenvalue weighted by Gasteiger charge is -2.35. The van der Waals surface area contributed by atoms with Crippen LogP contribution in [0.1, 0.15) is 40.0 Å². The van der Waals surface area contributed by atoms with E-state index in [9.17, 15) is 14.7 Å². The number of rotatable bonds is 2. The molecule has 0 aromatic carbocycles. The summed E-state index contributed by atoms with van der Waals surface area (Å²) < 4.78 is 0. The van der Waals surface area contributed by atoms with Gasteiger partial charge in [0, 0.05) is 5.92 Å². The van der Waals surface area contributed by atoms with Gasteiger partial charge >= 0.3 is 7.94 Å². The molecule has 1 fully saturated rings. The molecule has 0 amide bonds. The van der Waals surface area contributed by atoms with Crippen molar-refractivity contribution in [1.82, 2.24) is 0 Å². The normalized spacial score (nSPS) is 34.9. The smallest absolute Gasteiger partial charge is 0.193 e. The second kappa shape index (κ2) is 4.44. The standard InChI is InChI=1S/C10H22O3P/c1-7(2)9-5-4-8(3)6-10(9)14(11,12)13/h7-13H,4-6H2,1-3H3/q+1. The Morgan fingerprint density at radius 3 is 2.14 bits per heavy atom. The summed E-state index contributed by atoms with van der Waals surface area (Å²) in [5.74, 6) is 1.18. The Balaban J connectivity index is 2.74. The van der Waals surface area contributed by atoms with E-state index in [4.69, 9.17) is 0 Å². The second-order valence-corrected chi connectivity index (χ2v) is 6.90. The highest BCUT2D eigenvalue weighted by Gasteiger charge is 2.50. The molecule has 3 nitrogen and oxygen atoms in total. The van der Waals surface area contributed by atoms with Crippen LogP contribution in [-0.2, 0) is 0 Å². The van der Waals surface area contributed by atoms with E-state index in [1.54, 1.807) is 0 Å². The molecule has 0 spiro atoms. The third kappa shape index (κ3) is 2.90. The molecule has 3 unspecified atom stereocenters. The first kappa shape index (κ1) is 12.4. The summed E-state index contributed by atoms with van der Waals surface area (Å²) in [5, 5.41) is 0. The molecule has 14 heavy (non-hydrogen) atoms. The lowest BCUT2D eigenvalue weighted by Crippen LogP contribution is -2.33. The Labute approximate surface area is 86.7 Å². The highest BCUT2D eigenvalue weighted by molar-refractivity contribution is 7.59. The molecule has 4 heteroatoms. The van der Waals surface area contributed by atoms with Gasteiger partial charge in [0.1, 0.15) is 0 Å². The molecule has 1 aliphatic carbocycles. The van der Waals surface area contributed by atoms with E-state index in [0.29, 0.717) is 11.8 Å². The highest BCUT2D eigenvalue weighted by Crippen LogP contribution is 2.59. The van der Waals surface area contributed by atoms with Gasteiger partial charge in [0.2, 0.25) is 0 Å². The molecule has 0 aromatic heterocycles. The monoisotopic (exact) mass is 221 g/mol. The fourth-order valence-corrected chi connectivity index (χ4v) is 4.20. The third-order valence-electron chi connectivity index (χ3n) is 3.43. The van der Waals surface area contributed by atoms with E-state index < -0.39 is 7.94 Å². The fourth-order valence-electron chi connectivity index (χ4n) is 2.55. The molecule has 0 aromatic rings. The SMILES string of the molecule is CC1CCC(C(C)C)C([P+](O)(O)O)C1. The van der Waals surface area contributed by atoms with Crippen LogP contribution < -0.4 is 0 Å². The van der Waals surface area contributed by atoms with Crippen LogP contribution in [0.25, 0.3) is 0 Å². The average molecular weight is 221 g/mol. The molecule has 1 rings (SSSR count). The Hall–Kier alpha value is 0.310. The van der Waals surface area contributed by atoms with Crippen LogP contribution in [0, 0.1) is 17.8 Å². The quantitative estimate of drug-likeness (QED) is 0.626. The van der Waals surface area contributed by atoms with Crippen molar-refractivity contribution in [3.63, 3.8) is 0 Å². The molecule has 1 saturated carbocycles. The maximum atomic E-state index is 9.40. The molecule has 1 aliphatic rings. The van der Waals surface area contributed by atoms with Crippen molar-refractivity contribution in [3.8, 4) is 0 Å². The maximum absolute atomic E-state index is 9.40. The molecule has 0 heterocycles. The van der Waals surface area contributed by atoms with Crippen LogP contribution in [0.3, 0.4) is 0 Å². The van der Waals surface area contributed by atoms with E-state index in [-0.39, 0.29) is 11.6 Å². The van der Waals surface area contributed by atoms with Gasteiger partial charge in [-0.15, -0.1) is 0 Å². The second-order valence-electron chi connectivity index (χ2n) is 5.01. The van der Waals surface area contributed by atoms with Crippen LogP contribution in [0.2, 0.25) is 0 Å². The van der Waals surface area contributed by atoms with Gasteiger partial charge in [-0.25, -0.2) is 0 Å². The van der Waals surface area contributed by atoms with E-state index >= 15 is 0 Å². The Morgan fingerprint density at radius 1 is 1.14 bits per heavy atom. The van der Waals surface area contributed by atoms with Crippen LogP contribution in [-0.4, -0.2) is 20.3 Å². The van der Waals surface area contributed by atoms with Gasteiger partial charge in [-0.1, -0.05) is 27.2 Å². The Morgan fingerprint density at radius 2 is 1.71 bits per heavy atom. The third-order valence-corrected chi connectivity index (χ3v) is 4.92. The van der Waals surface area contributed by atoms with Gasteiger partial charge in [-0.3, -0.25) is 0 Å². The minimum absolute atomic E-state index is 0.263. The van der Waals surface area contributed by atoms with Crippen LogP contribution >= 0.6 is 7.94 Å². The molecule has 0 radical (unpaired) electrons. The van der Waals surface area contributed by atoms with Gasteiger partial charge in [-0.05, 0) is 24.7 Å². The van der Waals surface area contributed by atoms with Crippen molar-refractivity contribution in [3.05, 3.63) is 0 Å². The first-order valence-electron chi connectivity index (χ1n) is 5.39. The lowest BCUT2D eigenvalue weighted by atomic mass is 9.77. The first-order chi connectivity index (χ1) is 6.32. The molecule has 0 saturated heterocycles. The average Bonchev–Trinajstić information content (AvgIpc) is 2.01. The van der Waals surface area contributed by atoms with Gasteiger partial charge < -0.3 is 0 Å². The minimum atomic E-state index is -3.64. The van der Waals surface area contributed by atoms with Crippen molar-refractivity contribution in [2.45, 2.75) is 45.7 Å². The molecular weight excluding hydrogens is 199 g/mol. The van der Waals surface area contributed by atoms with E-state index in [0.717, 1.165) is 19.3 Å². The van der Waals surface area contributed by atoms with Crippen molar-refractivity contribution < 1.29 is 14.7 Å². The van der Waals surface area contributed by atoms with Crippen LogP contribution in [0.15, 0.2) is 0 Å². The first-order valence-corrected chi connectivity index (χ1v) is 7.11. The largest absolute Gasteiger partial charge is 0.407 e. The topological polar surface area (TPSA) is 60.7 Å². The number of hydrogen-bond donors (Lipinski definition) is 3. The summed E-state index contributed by atoms with van der Waals surface area (Å²) in [7, 11) is -3.64. The van der Waals surface area contributed by atoms with Gasteiger partial charge in [0.15, 0.2) is 5.66 Å². The van der Waals surface area contributed by atoms with Crippen LogP contribution in [0.4, 0.5) is 0 Å². The molecule has 3 N–H and O–H groups in total. The summed E-state index contributed by atoms with van der Waals surface area (Å²) in [5.41, 5.74) is -0.286. The summed E-state index contributed by atoms with van der Waals surface area (Å²) in [6, 6.07) is 0. The van der Waals surface area contributed by atoms with E-state index in [1.807, 2.05) is 0 Å². The zero-order chi connectivity index (χ0) is 10.9. The maximum Gasteiger partial charge on any atom is 0.407 e. The van der Waals surface area contributed by atoms with E-state index in [2.05, 4.69) is 20.8 Å². The molecule has 0 bridgehead atoms. The summed E-state index contributed by atoms with van der Waals surface area (Å²) in [6.45, 7) is 6.28. The Bertz CT molecular complexity index is 188. The molecule has 0 aliphatic heterocycles. The van der Waals surface area contributed by atoms with Crippen molar-refractivity contribution in [2.75, 3.05) is 0 Å². The van der Waals surface area contributed by atoms with Gasteiger partial charge in [0.25, 0.3) is 0 Å². The van der Waals surface area contributed by atoms with Gasteiger partial charge in [0.05, 0.1) is 0 Å². The Kier molecular flexibility index (Phi) is 3.93. The van der Waals surface area contributed by atoms with Crippen molar-refractivity contribution in [2.24, 2.45) is 17.8 Å². The summed E-state index contributed by atoms with van der Waals surface area (Å²) in [4.78, 5) is 28.2. The molecular formula is C10H22O3P+. The molecule has 84 valence electrons. The summed E-state index contributed by atoms with van der Waals surface area (Å²) in [6.07, 6.45) is 2.90. The predicted molar refractivity (Wildman–Crippen MR) is 58.7 cm³/mol. The summed E-state index contributed by atoms with van der Waals surface area (Å²) >= 11 is 0. The predicted octanol–water partition coefficient (Wildman–Crippen LogP) is 2.19. The van der Waals surface area contributed by atoms with E-state index in [1.165, 1.54) is 0 Å². The molecule has 3 atom stereocenters.